The van der Waals surface area contributed by atoms with Gasteiger partial charge in [0.25, 0.3) is 0 Å². The molecule has 1 aromatic rings. The largest absolute Gasteiger partial charge is 0.494 e. The van der Waals surface area contributed by atoms with E-state index in [1.807, 2.05) is 25.1 Å². The Morgan fingerprint density at radius 1 is 1.43 bits per heavy atom. The van der Waals surface area contributed by atoms with E-state index in [0.29, 0.717) is 6.61 Å². The van der Waals surface area contributed by atoms with E-state index in [1.54, 1.807) is 0 Å². The van der Waals surface area contributed by atoms with Crippen molar-refractivity contribution in [2.75, 3.05) is 6.61 Å². The van der Waals surface area contributed by atoms with Crippen molar-refractivity contribution >= 4 is 5.71 Å². The molecule has 3 nitrogen and oxygen atoms in total. The van der Waals surface area contributed by atoms with Gasteiger partial charge in [0, 0.05) is 11.1 Å². The summed E-state index contributed by atoms with van der Waals surface area (Å²) < 4.78 is 5.50. The van der Waals surface area contributed by atoms with Crippen LogP contribution in [0.25, 0.3) is 0 Å². The molecule has 0 unspecified atom stereocenters. The molecule has 0 spiro atoms. The number of ether oxygens (including phenoxy) is 1. The van der Waals surface area contributed by atoms with Gasteiger partial charge in [0.1, 0.15) is 5.75 Å². The lowest BCUT2D eigenvalue weighted by molar-refractivity contribution is 0.318. The molecular weight excluding hydrogens is 178 g/mol. The fourth-order valence-electron chi connectivity index (χ4n) is 1.87. The van der Waals surface area contributed by atoms with Crippen LogP contribution in [0, 0.1) is 0 Å². The normalized spacial score (nSPS) is 17.1. The first-order chi connectivity index (χ1) is 6.86. The molecule has 1 aliphatic carbocycles. The van der Waals surface area contributed by atoms with E-state index in [1.165, 1.54) is 5.56 Å². The molecule has 3 heteroatoms. The van der Waals surface area contributed by atoms with Crippen molar-refractivity contribution in [3.63, 3.8) is 0 Å². The van der Waals surface area contributed by atoms with Crippen LogP contribution in [0.5, 0.6) is 5.75 Å². The van der Waals surface area contributed by atoms with Crippen molar-refractivity contribution < 1.29 is 9.94 Å². The second-order valence-electron chi connectivity index (χ2n) is 3.26. The molecule has 1 N–H and O–H groups in total. The summed E-state index contributed by atoms with van der Waals surface area (Å²) in [6, 6.07) is 5.86. The Balaban J connectivity index is 2.44. The molecular formula is C11H13NO2. The van der Waals surface area contributed by atoms with Crippen LogP contribution in [-0.2, 0) is 6.42 Å². The Hall–Kier alpha value is -1.51. The van der Waals surface area contributed by atoms with Crippen molar-refractivity contribution in [2.45, 2.75) is 19.8 Å². The highest BCUT2D eigenvalue weighted by molar-refractivity contribution is 6.04. The van der Waals surface area contributed by atoms with Gasteiger partial charge in [-0.3, -0.25) is 0 Å². The average molecular weight is 191 g/mol. The summed E-state index contributed by atoms with van der Waals surface area (Å²) in [4.78, 5) is 0. The Morgan fingerprint density at radius 2 is 2.29 bits per heavy atom. The first-order valence-electron chi connectivity index (χ1n) is 4.82. The van der Waals surface area contributed by atoms with E-state index >= 15 is 0 Å². The topological polar surface area (TPSA) is 41.8 Å². The number of hydrogen-bond acceptors (Lipinski definition) is 3. The zero-order valence-electron chi connectivity index (χ0n) is 8.16. The lowest BCUT2D eigenvalue weighted by Crippen LogP contribution is -1.97. The predicted octanol–water partition coefficient (Wildman–Crippen LogP) is 2.21. The maximum atomic E-state index is 8.78. The summed E-state index contributed by atoms with van der Waals surface area (Å²) in [6.45, 7) is 2.64. The molecule has 1 aliphatic rings. The standard InChI is InChI=1S/C11H13NO2/c1-2-14-11-5-3-4-8-9(11)6-7-10(8)12-13/h3-5,13H,2,6-7H2,1H3. The number of hydrogen-bond donors (Lipinski definition) is 1. The van der Waals surface area contributed by atoms with E-state index in [-0.39, 0.29) is 0 Å². The van der Waals surface area contributed by atoms with E-state index in [9.17, 15) is 0 Å². The van der Waals surface area contributed by atoms with Crippen LogP contribution in [0.15, 0.2) is 23.4 Å². The van der Waals surface area contributed by atoms with Crippen molar-refractivity contribution in [2.24, 2.45) is 5.16 Å². The van der Waals surface area contributed by atoms with Crippen LogP contribution < -0.4 is 4.74 Å². The van der Waals surface area contributed by atoms with Crippen molar-refractivity contribution in [1.82, 2.24) is 0 Å². The van der Waals surface area contributed by atoms with Crippen molar-refractivity contribution in [3.8, 4) is 5.75 Å². The second kappa shape index (κ2) is 3.70. The molecule has 0 fully saturated rings. The van der Waals surface area contributed by atoms with Gasteiger partial charge < -0.3 is 9.94 Å². The maximum absolute atomic E-state index is 8.78. The minimum absolute atomic E-state index is 0.669. The number of benzene rings is 1. The Morgan fingerprint density at radius 3 is 3.00 bits per heavy atom. The Kier molecular flexibility index (Phi) is 2.39. The molecule has 1 aromatic carbocycles. The van der Waals surface area contributed by atoms with Gasteiger partial charge in [-0.2, -0.15) is 0 Å². The summed E-state index contributed by atoms with van der Waals surface area (Å²) in [5.74, 6) is 0.920. The van der Waals surface area contributed by atoms with Gasteiger partial charge in [-0.25, -0.2) is 0 Å². The van der Waals surface area contributed by atoms with Crippen LogP contribution in [0.3, 0.4) is 0 Å². The van der Waals surface area contributed by atoms with Gasteiger partial charge in [-0.15, -0.1) is 0 Å². The van der Waals surface area contributed by atoms with E-state index < -0.39 is 0 Å². The summed E-state index contributed by atoms with van der Waals surface area (Å²) in [5.41, 5.74) is 2.96. The molecule has 0 saturated heterocycles. The Labute approximate surface area is 83.0 Å². The lowest BCUT2D eigenvalue weighted by atomic mass is 10.1. The third-order valence-electron chi connectivity index (χ3n) is 2.48. The first kappa shape index (κ1) is 9.06. The molecule has 14 heavy (non-hydrogen) atoms. The molecule has 0 aromatic heterocycles. The smallest absolute Gasteiger partial charge is 0.123 e. The minimum Gasteiger partial charge on any atom is -0.494 e. The summed E-state index contributed by atoms with van der Waals surface area (Å²) in [6.07, 6.45) is 1.71. The Bertz CT molecular complexity index is 372. The predicted molar refractivity (Wildman–Crippen MR) is 54.3 cm³/mol. The van der Waals surface area contributed by atoms with Gasteiger partial charge >= 0.3 is 0 Å². The van der Waals surface area contributed by atoms with Gasteiger partial charge in [0.2, 0.25) is 0 Å². The van der Waals surface area contributed by atoms with Crippen molar-refractivity contribution in [1.29, 1.82) is 0 Å². The van der Waals surface area contributed by atoms with E-state index in [4.69, 9.17) is 9.94 Å². The molecule has 0 radical (unpaired) electrons. The van der Waals surface area contributed by atoms with Gasteiger partial charge in [0.05, 0.1) is 12.3 Å². The first-order valence-corrected chi connectivity index (χ1v) is 4.82. The van der Waals surface area contributed by atoms with E-state index in [2.05, 4.69) is 5.16 Å². The summed E-state index contributed by atoms with van der Waals surface area (Å²) >= 11 is 0. The molecule has 0 saturated carbocycles. The number of fused-ring (bicyclic) bond motifs is 1. The molecule has 0 amide bonds. The average Bonchev–Trinajstić information content (AvgIpc) is 2.62. The zero-order valence-corrected chi connectivity index (χ0v) is 8.16. The summed E-state index contributed by atoms with van der Waals surface area (Å²) in [5, 5.41) is 12.1. The quantitative estimate of drug-likeness (QED) is 0.575. The zero-order chi connectivity index (χ0) is 9.97. The fraction of sp³-hybridized carbons (Fsp3) is 0.364. The molecule has 0 heterocycles. The summed E-state index contributed by atoms with van der Waals surface area (Å²) in [7, 11) is 0. The monoisotopic (exact) mass is 191 g/mol. The van der Waals surface area contributed by atoms with Crippen LogP contribution in [0.4, 0.5) is 0 Å². The SMILES string of the molecule is CCOc1cccc2c1CCC2=NO. The highest BCUT2D eigenvalue weighted by Gasteiger charge is 2.21. The van der Waals surface area contributed by atoms with Gasteiger partial charge in [-0.1, -0.05) is 17.3 Å². The van der Waals surface area contributed by atoms with Gasteiger partial charge in [0.15, 0.2) is 0 Å². The maximum Gasteiger partial charge on any atom is 0.123 e. The molecule has 0 bridgehead atoms. The molecule has 2 rings (SSSR count). The van der Waals surface area contributed by atoms with Crippen LogP contribution in [0.2, 0.25) is 0 Å². The van der Waals surface area contributed by atoms with Gasteiger partial charge in [-0.05, 0) is 25.8 Å². The lowest BCUT2D eigenvalue weighted by Gasteiger charge is -2.07. The number of rotatable bonds is 2. The minimum atomic E-state index is 0.669. The number of oxime groups is 1. The van der Waals surface area contributed by atoms with E-state index in [0.717, 1.165) is 29.9 Å². The molecule has 74 valence electrons. The third-order valence-corrected chi connectivity index (χ3v) is 2.48. The highest BCUT2D eigenvalue weighted by atomic mass is 16.5. The third kappa shape index (κ3) is 1.35. The fourth-order valence-corrected chi connectivity index (χ4v) is 1.87. The van der Waals surface area contributed by atoms with Crippen LogP contribution >= 0.6 is 0 Å². The highest BCUT2D eigenvalue weighted by Crippen LogP contribution is 2.30. The molecule has 0 atom stereocenters. The number of nitrogens with zero attached hydrogens (tertiary/aromatic N) is 1. The van der Waals surface area contributed by atoms with Crippen LogP contribution in [0.1, 0.15) is 24.5 Å². The van der Waals surface area contributed by atoms with Crippen molar-refractivity contribution in [3.05, 3.63) is 29.3 Å². The molecule has 0 aliphatic heterocycles. The van der Waals surface area contributed by atoms with Crippen LogP contribution in [-0.4, -0.2) is 17.5 Å². The second-order valence-corrected chi connectivity index (χ2v) is 3.26.